The van der Waals surface area contributed by atoms with Gasteiger partial charge in [-0.3, -0.25) is 9.79 Å². The highest BCUT2D eigenvalue weighted by Crippen LogP contribution is 2.65. The number of hydrogen-bond donors (Lipinski definition) is 0. The minimum Gasteiger partial charge on any atom is -0.353 e. The fourth-order valence-corrected chi connectivity index (χ4v) is 7.05. The molecule has 3 nitrogen and oxygen atoms in total. The standard InChI is InChI=1S/C22H29NO2/c1-21-9-7-15(24)11-14(21)3-4-16-17-5-6-19(20-12-25-13-23-20)22(17,2)10-8-18(16)21/h6,11,16-18H,3-5,7-10,12-13H2,1-2H3/t16-,17-,18-,21-,22-/m0/s1. The summed E-state index contributed by atoms with van der Waals surface area (Å²) >= 11 is 0. The molecule has 0 aromatic carbocycles. The van der Waals surface area contributed by atoms with Crippen molar-refractivity contribution in [3.8, 4) is 0 Å². The van der Waals surface area contributed by atoms with Crippen LogP contribution >= 0.6 is 0 Å². The number of aliphatic imine (C=N–C) groups is 1. The summed E-state index contributed by atoms with van der Waals surface area (Å²) in [6, 6.07) is 0. The van der Waals surface area contributed by atoms with Gasteiger partial charge in [0.25, 0.3) is 0 Å². The second-order valence-electron chi connectivity index (χ2n) is 9.36. The van der Waals surface area contributed by atoms with E-state index in [-0.39, 0.29) is 10.8 Å². The molecule has 1 aliphatic heterocycles. The zero-order valence-electron chi connectivity index (χ0n) is 15.5. The molecule has 0 aromatic heterocycles. The molecule has 4 aliphatic carbocycles. The first-order valence-electron chi connectivity index (χ1n) is 10.1. The molecule has 5 atom stereocenters. The molecule has 0 aromatic rings. The van der Waals surface area contributed by atoms with Crippen molar-refractivity contribution in [3.63, 3.8) is 0 Å². The molecule has 0 bridgehead atoms. The van der Waals surface area contributed by atoms with Crippen molar-refractivity contribution in [2.45, 2.75) is 58.8 Å². The van der Waals surface area contributed by atoms with E-state index in [1.807, 2.05) is 6.08 Å². The number of hydrogen-bond acceptors (Lipinski definition) is 3. The molecular formula is C22H29NO2. The molecule has 134 valence electrons. The highest BCUT2D eigenvalue weighted by molar-refractivity contribution is 6.03. The average molecular weight is 339 g/mol. The predicted molar refractivity (Wildman–Crippen MR) is 98.4 cm³/mol. The molecule has 25 heavy (non-hydrogen) atoms. The maximum atomic E-state index is 11.9. The van der Waals surface area contributed by atoms with Gasteiger partial charge in [-0.15, -0.1) is 0 Å². The molecule has 0 saturated heterocycles. The topological polar surface area (TPSA) is 38.7 Å². The van der Waals surface area contributed by atoms with Crippen LogP contribution in [0.2, 0.25) is 0 Å². The lowest BCUT2D eigenvalue weighted by Gasteiger charge is -2.57. The third kappa shape index (κ3) is 2.14. The van der Waals surface area contributed by atoms with Gasteiger partial charge in [0, 0.05) is 6.42 Å². The number of rotatable bonds is 1. The Hall–Kier alpha value is -1.22. The van der Waals surface area contributed by atoms with Crippen LogP contribution in [0.4, 0.5) is 0 Å². The number of fused-ring (bicyclic) bond motifs is 5. The summed E-state index contributed by atoms with van der Waals surface area (Å²) in [5, 5.41) is 0. The molecule has 0 unspecified atom stereocenters. The van der Waals surface area contributed by atoms with Crippen LogP contribution in [0.1, 0.15) is 58.8 Å². The van der Waals surface area contributed by atoms with Gasteiger partial charge >= 0.3 is 0 Å². The second kappa shape index (κ2) is 5.39. The third-order valence-corrected chi connectivity index (χ3v) is 8.44. The molecule has 0 N–H and O–H groups in total. The van der Waals surface area contributed by atoms with E-state index in [9.17, 15) is 4.79 Å². The van der Waals surface area contributed by atoms with Gasteiger partial charge in [-0.05, 0) is 78.8 Å². The van der Waals surface area contributed by atoms with Crippen molar-refractivity contribution in [2.75, 3.05) is 13.3 Å². The van der Waals surface area contributed by atoms with Gasteiger partial charge in [0.15, 0.2) is 5.78 Å². The van der Waals surface area contributed by atoms with E-state index in [4.69, 9.17) is 4.74 Å². The van der Waals surface area contributed by atoms with Gasteiger partial charge in [0.05, 0.1) is 12.3 Å². The highest BCUT2D eigenvalue weighted by atomic mass is 16.5. The third-order valence-electron chi connectivity index (χ3n) is 8.44. The lowest BCUT2D eigenvalue weighted by atomic mass is 9.47. The van der Waals surface area contributed by atoms with Gasteiger partial charge in [0.2, 0.25) is 0 Å². The Morgan fingerprint density at radius 1 is 1.12 bits per heavy atom. The van der Waals surface area contributed by atoms with Crippen LogP contribution in [0.3, 0.4) is 0 Å². The lowest BCUT2D eigenvalue weighted by molar-refractivity contribution is -0.117. The molecule has 1 heterocycles. The Morgan fingerprint density at radius 3 is 2.80 bits per heavy atom. The molecule has 0 spiro atoms. The van der Waals surface area contributed by atoms with E-state index in [2.05, 4.69) is 24.9 Å². The monoisotopic (exact) mass is 339 g/mol. The SMILES string of the molecule is C[C@]12CCC(=O)C=C1CC[C@@H]1[C@@H]2CC[C@]2(C)C(C3=NCOC3)=CC[C@@H]12. The molecule has 2 saturated carbocycles. The summed E-state index contributed by atoms with van der Waals surface area (Å²) in [5.74, 6) is 2.66. The number of ketones is 1. The van der Waals surface area contributed by atoms with Crippen LogP contribution in [-0.2, 0) is 9.53 Å². The normalized spacial score (nSPS) is 45.9. The molecule has 2 fully saturated rings. The smallest absolute Gasteiger partial charge is 0.155 e. The van der Waals surface area contributed by atoms with Crippen molar-refractivity contribution < 1.29 is 9.53 Å². The van der Waals surface area contributed by atoms with E-state index >= 15 is 0 Å². The van der Waals surface area contributed by atoms with E-state index in [0.29, 0.717) is 19.1 Å². The Bertz CT molecular complexity index is 718. The second-order valence-corrected chi connectivity index (χ2v) is 9.36. The van der Waals surface area contributed by atoms with Crippen molar-refractivity contribution in [3.05, 3.63) is 23.3 Å². The van der Waals surface area contributed by atoms with Crippen LogP contribution in [0, 0.1) is 28.6 Å². The highest BCUT2D eigenvalue weighted by Gasteiger charge is 2.57. The Morgan fingerprint density at radius 2 is 2.00 bits per heavy atom. The number of carbonyl (C=O) groups excluding carboxylic acids is 1. The number of allylic oxidation sites excluding steroid dienone is 3. The minimum absolute atomic E-state index is 0.273. The Labute approximate surface area is 150 Å². The van der Waals surface area contributed by atoms with Crippen molar-refractivity contribution in [1.29, 1.82) is 0 Å². The fourth-order valence-electron chi connectivity index (χ4n) is 7.05. The summed E-state index contributed by atoms with van der Waals surface area (Å²) in [6.45, 7) is 6.20. The minimum atomic E-state index is 0.273. The lowest BCUT2D eigenvalue weighted by Crippen LogP contribution is -2.50. The number of nitrogens with zero attached hydrogens (tertiary/aromatic N) is 1. The summed E-state index contributed by atoms with van der Waals surface area (Å²) < 4.78 is 5.51. The first-order chi connectivity index (χ1) is 12.0. The number of ether oxygens (including phenoxy) is 1. The van der Waals surface area contributed by atoms with Crippen LogP contribution < -0.4 is 0 Å². The first-order valence-corrected chi connectivity index (χ1v) is 10.1. The summed E-state index contributed by atoms with van der Waals surface area (Å²) in [4.78, 5) is 16.6. The molecule has 0 amide bonds. The number of carbonyl (C=O) groups is 1. The molecular weight excluding hydrogens is 310 g/mol. The molecule has 5 aliphatic rings. The van der Waals surface area contributed by atoms with Crippen LogP contribution in [0.25, 0.3) is 0 Å². The van der Waals surface area contributed by atoms with Crippen molar-refractivity contribution in [1.82, 2.24) is 0 Å². The maximum Gasteiger partial charge on any atom is 0.155 e. The van der Waals surface area contributed by atoms with Gasteiger partial charge < -0.3 is 4.74 Å². The maximum absolute atomic E-state index is 11.9. The van der Waals surface area contributed by atoms with Gasteiger partial charge in [-0.25, -0.2) is 0 Å². The van der Waals surface area contributed by atoms with E-state index in [0.717, 1.165) is 37.0 Å². The Kier molecular flexibility index (Phi) is 3.45. The zero-order chi connectivity index (χ0) is 17.2. The van der Waals surface area contributed by atoms with Crippen molar-refractivity contribution >= 4 is 11.5 Å². The van der Waals surface area contributed by atoms with Gasteiger partial charge in [-0.2, -0.15) is 0 Å². The fraction of sp³-hybridized carbons (Fsp3) is 0.727. The molecule has 5 rings (SSSR count). The van der Waals surface area contributed by atoms with Crippen molar-refractivity contribution in [2.24, 2.45) is 33.6 Å². The van der Waals surface area contributed by atoms with Crippen LogP contribution in [0.5, 0.6) is 0 Å². The van der Waals surface area contributed by atoms with Gasteiger partial charge in [-0.1, -0.05) is 25.5 Å². The van der Waals surface area contributed by atoms with E-state index in [1.165, 1.54) is 42.5 Å². The van der Waals surface area contributed by atoms with Crippen LogP contribution in [-0.4, -0.2) is 24.8 Å². The molecule has 0 radical (unpaired) electrons. The summed E-state index contributed by atoms with van der Waals surface area (Å²) in [5.41, 5.74) is 4.74. The zero-order valence-corrected chi connectivity index (χ0v) is 15.5. The molecule has 3 heteroatoms. The first kappa shape index (κ1) is 16.0. The largest absolute Gasteiger partial charge is 0.353 e. The summed E-state index contributed by atoms with van der Waals surface area (Å²) in [7, 11) is 0. The van der Waals surface area contributed by atoms with Crippen LogP contribution in [0.15, 0.2) is 28.3 Å². The summed E-state index contributed by atoms with van der Waals surface area (Å²) in [6.07, 6.45) is 12.5. The Balaban J connectivity index is 1.46. The van der Waals surface area contributed by atoms with E-state index in [1.54, 1.807) is 0 Å². The quantitative estimate of drug-likeness (QED) is 0.706. The van der Waals surface area contributed by atoms with E-state index < -0.39 is 0 Å². The average Bonchev–Trinajstić information content (AvgIpc) is 3.22. The van der Waals surface area contributed by atoms with Gasteiger partial charge in [0.1, 0.15) is 6.73 Å². The predicted octanol–water partition coefficient (Wildman–Crippen LogP) is 4.48.